The van der Waals surface area contributed by atoms with Gasteiger partial charge in [0.05, 0.1) is 5.56 Å². The number of carbonyl (C=O) groups excluding carboxylic acids is 1. The molecule has 194 valence electrons. The first kappa shape index (κ1) is 25.0. The van der Waals surface area contributed by atoms with Gasteiger partial charge in [-0.15, -0.1) is 0 Å². The van der Waals surface area contributed by atoms with E-state index in [1.54, 1.807) is 19.3 Å². The number of anilines is 2. The molecule has 2 aromatic carbocycles. The summed E-state index contributed by atoms with van der Waals surface area (Å²) in [5.41, 5.74) is 8.15. The van der Waals surface area contributed by atoms with Crippen LogP contribution < -0.4 is 21.3 Å². The molecule has 3 N–H and O–H groups in total. The number of aromatic nitrogens is 3. The number of rotatable bonds is 7. The van der Waals surface area contributed by atoms with Gasteiger partial charge in [0.25, 0.3) is 11.5 Å². The van der Waals surface area contributed by atoms with E-state index in [9.17, 15) is 9.59 Å². The highest BCUT2D eigenvalue weighted by Gasteiger charge is 2.24. The third kappa shape index (κ3) is 5.67. The maximum absolute atomic E-state index is 12.8. The number of nitrogens with one attached hydrogen (secondary N) is 1. The fourth-order valence-corrected chi connectivity index (χ4v) is 4.58. The van der Waals surface area contributed by atoms with Gasteiger partial charge in [-0.05, 0) is 54.7 Å². The Labute approximate surface area is 220 Å². The summed E-state index contributed by atoms with van der Waals surface area (Å²) in [6, 6.07) is 20.4. The number of piperidine rings is 1. The van der Waals surface area contributed by atoms with Crippen LogP contribution in [-0.2, 0) is 7.05 Å². The van der Waals surface area contributed by atoms with Crippen LogP contribution >= 0.6 is 0 Å². The maximum Gasteiger partial charge on any atom is 0.254 e. The molecule has 0 aliphatic carbocycles. The predicted octanol–water partition coefficient (Wildman–Crippen LogP) is 4.18. The van der Waals surface area contributed by atoms with E-state index < -0.39 is 0 Å². The summed E-state index contributed by atoms with van der Waals surface area (Å²) < 4.78 is 7.35. The van der Waals surface area contributed by atoms with Crippen LogP contribution in [0.2, 0.25) is 0 Å². The fourth-order valence-electron chi connectivity index (χ4n) is 4.58. The number of nitrogens with two attached hydrogens (primary N) is 1. The Bertz CT molecular complexity index is 1460. The molecular weight excluding hydrogens is 480 g/mol. The second-order valence-corrected chi connectivity index (χ2v) is 9.40. The SMILES string of the molecule is Cn1ccc(C(=O)N2CCC(CNc3ncnc(N)c3-c3ccc(Oc4ccccc4)cc3)CC2)cc1=O. The first-order chi connectivity index (χ1) is 18.5. The number of carbonyl (C=O) groups is 1. The van der Waals surface area contributed by atoms with Crippen molar-refractivity contribution in [2.75, 3.05) is 30.7 Å². The van der Waals surface area contributed by atoms with Crippen molar-refractivity contribution in [3.05, 3.63) is 95.2 Å². The minimum absolute atomic E-state index is 0.0975. The van der Waals surface area contributed by atoms with Crippen molar-refractivity contribution in [3.8, 4) is 22.6 Å². The smallest absolute Gasteiger partial charge is 0.254 e. The number of ether oxygens (including phenoxy) is 1. The van der Waals surface area contributed by atoms with E-state index in [4.69, 9.17) is 10.5 Å². The molecule has 1 saturated heterocycles. The molecule has 1 fully saturated rings. The standard InChI is InChI=1S/C29H30N6O3/c1-34-14-13-22(17-25(34)36)29(37)35-15-11-20(12-16-35)18-31-28-26(27(30)32-19-33-28)21-7-9-24(10-8-21)38-23-5-3-2-4-6-23/h2-10,13-14,17,19-20H,11-12,15-16,18H2,1H3,(H3,30,31,32,33). The van der Waals surface area contributed by atoms with Gasteiger partial charge < -0.3 is 25.3 Å². The van der Waals surface area contributed by atoms with E-state index in [-0.39, 0.29) is 11.5 Å². The lowest BCUT2D eigenvalue weighted by Crippen LogP contribution is -2.40. The monoisotopic (exact) mass is 510 g/mol. The van der Waals surface area contributed by atoms with Crippen molar-refractivity contribution in [1.29, 1.82) is 0 Å². The molecule has 0 spiro atoms. The van der Waals surface area contributed by atoms with E-state index >= 15 is 0 Å². The van der Waals surface area contributed by atoms with Crippen LogP contribution in [-0.4, -0.2) is 45.0 Å². The number of amides is 1. The Kier molecular flexibility index (Phi) is 7.35. The Morgan fingerprint density at radius 3 is 2.45 bits per heavy atom. The largest absolute Gasteiger partial charge is 0.457 e. The number of benzene rings is 2. The zero-order valence-electron chi connectivity index (χ0n) is 21.2. The van der Waals surface area contributed by atoms with E-state index in [2.05, 4.69) is 15.3 Å². The van der Waals surface area contributed by atoms with Crippen LogP contribution in [0, 0.1) is 5.92 Å². The number of nitrogens with zero attached hydrogens (tertiary/aromatic N) is 4. The molecule has 1 aliphatic rings. The Morgan fingerprint density at radius 2 is 1.74 bits per heavy atom. The summed E-state index contributed by atoms with van der Waals surface area (Å²) in [5, 5.41) is 3.46. The number of nitrogen functional groups attached to an aromatic ring is 1. The predicted molar refractivity (Wildman–Crippen MR) is 147 cm³/mol. The molecule has 3 heterocycles. The van der Waals surface area contributed by atoms with Gasteiger partial charge in [-0.1, -0.05) is 30.3 Å². The molecular formula is C29H30N6O3. The first-order valence-electron chi connectivity index (χ1n) is 12.6. The summed E-state index contributed by atoms with van der Waals surface area (Å²) in [6.07, 6.45) is 4.79. The van der Waals surface area contributed by atoms with Crippen LogP contribution in [0.15, 0.2) is 84.0 Å². The molecule has 0 saturated carbocycles. The van der Waals surface area contributed by atoms with Gasteiger partial charge in [0.2, 0.25) is 0 Å². The third-order valence-corrected chi connectivity index (χ3v) is 6.81. The fraction of sp³-hybridized carbons (Fsp3) is 0.241. The Hall–Kier alpha value is -4.66. The molecule has 0 unspecified atom stereocenters. The molecule has 38 heavy (non-hydrogen) atoms. The summed E-state index contributed by atoms with van der Waals surface area (Å²) in [4.78, 5) is 35.2. The molecule has 0 atom stereocenters. The highest BCUT2D eigenvalue weighted by atomic mass is 16.5. The van der Waals surface area contributed by atoms with Gasteiger partial charge in [0.1, 0.15) is 29.5 Å². The van der Waals surface area contributed by atoms with Gasteiger partial charge in [0, 0.05) is 44.5 Å². The summed E-state index contributed by atoms with van der Waals surface area (Å²) in [7, 11) is 1.67. The maximum atomic E-state index is 12.8. The second kappa shape index (κ2) is 11.2. The molecule has 0 bridgehead atoms. The number of hydrogen-bond acceptors (Lipinski definition) is 7. The highest BCUT2D eigenvalue weighted by Crippen LogP contribution is 2.33. The number of hydrogen-bond donors (Lipinski definition) is 2. The minimum atomic E-state index is -0.187. The van der Waals surface area contributed by atoms with Gasteiger partial charge >= 0.3 is 0 Å². The lowest BCUT2D eigenvalue weighted by atomic mass is 9.96. The van der Waals surface area contributed by atoms with Crippen LogP contribution in [0.4, 0.5) is 11.6 Å². The van der Waals surface area contributed by atoms with Crippen molar-refractivity contribution in [3.63, 3.8) is 0 Å². The van der Waals surface area contributed by atoms with Crippen molar-refractivity contribution in [2.45, 2.75) is 12.8 Å². The molecule has 9 heteroatoms. The lowest BCUT2D eigenvalue weighted by Gasteiger charge is -2.32. The average Bonchev–Trinajstić information content (AvgIpc) is 2.94. The molecule has 1 amide bonds. The highest BCUT2D eigenvalue weighted by molar-refractivity contribution is 5.94. The van der Waals surface area contributed by atoms with Crippen molar-refractivity contribution < 1.29 is 9.53 Å². The van der Waals surface area contributed by atoms with E-state index in [0.717, 1.165) is 35.5 Å². The minimum Gasteiger partial charge on any atom is -0.457 e. The van der Waals surface area contributed by atoms with Gasteiger partial charge in [-0.2, -0.15) is 0 Å². The number of likely N-dealkylation sites (tertiary alicyclic amines) is 1. The van der Waals surface area contributed by atoms with Gasteiger partial charge in [-0.3, -0.25) is 9.59 Å². The van der Waals surface area contributed by atoms with Crippen molar-refractivity contribution in [1.82, 2.24) is 19.4 Å². The van der Waals surface area contributed by atoms with Crippen molar-refractivity contribution >= 4 is 17.5 Å². The third-order valence-electron chi connectivity index (χ3n) is 6.81. The second-order valence-electron chi connectivity index (χ2n) is 9.40. The van der Waals surface area contributed by atoms with Crippen LogP contribution in [0.3, 0.4) is 0 Å². The molecule has 0 radical (unpaired) electrons. The van der Waals surface area contributed by atoms with E-state index in [1.807, 2.05) is 59.5 Å². The van der Waals surface area contributed by atoms with Gasteiger partial charge in [-0.25, -0.2) is 9.97 Å². The Morgan fingerprint density at radius 1 is 1.03 bits per heavy atom. The van der Waals surface area contributed by atoms with E-state index in [1.165, 1.54) is 17.0 Å². The summed E-state index contributed by atoms with van der Waals surface area (Å²) in [5.74, 6) is 2.84. The average molecular weight is 511 g/mol. The molecule has 9 nitrogen and oxygen atoms in total. The number of pyridine rings is 1. The zero-order valence-corrected chi connectivity index (χ0v) is 21.2. The first-order valence-corrected chi connectivity index (χ1v) is 12.6. The number of aryl methyl sites for hydroxylation is 1. The van der Waals surface area contributed by atoms with Crippen LogP contribution in [0.5, 0.6) is 11.5 Å². The van der Waals surface area contributed by atoms with E-state index in [0.29, 0.717) is 42.8 Å². The number of para-hydroxylation sites is 1. The van der Waals surface area contributed by atoms with Crippen molar-refractivity contribution in [2.24, 2.45) is 13.0 Å². The summed E-state index contributed by atoms with van der Waals surface area (Å²) in [6.45, 7) is 1.98. The topological polar surface area (TPSA) is 115 Å². The molecule has 2 aromatic heterocycles. The molecule has 5 rings (SSSR count). The molecule has 4 aromatic rings. The van der Waals surface area contributed by atoms with Crippen LogP contribution in [0.1, 0.15) is 23.2 Å². The van der Waals surface area contributed by atoms with Crippen LogP contribution in [0.25, 0.3) is 11.1 Å². The quantitative estimate of drug-likeness (QED) is 0.383. The zero-order chi connectivity index (χ0) is 26.5. The van der Waals surface area contributed by atoms with Gasteiger partial charge in [0.15, 0.2) is 0 Å². The molecule has 1 aliphatic heterocycles. The summed E-state index contributed by atoms with van der Waals surface area (Å²) >= 11 is 0. The normalized spacial score (nSPS) is 13.8. The Balaban J connectivity index is 1.21. The lowest BCUT2D eigenvalue weighted by molar-refractivity contribution is 0.0694.